The Kier molecular flexibility index (Phi) is 4.33. The van der Waals surface area contributed by atoms with Gasteiger partial charge in [-0.1, -0.05) is 0 Å². The summed E-state index contributed by atoms with van der Waals surface area (Å²) in [6.45, 7) is -2.17. The Morgan fingerprint density at radius 2 is 2.05 bits per heavy atom. The van der Waals surface area contributed by atoms with E-state index in [0.29, 0.717) is 0 Å². The summed E-state index contributed by atoms with van der Waals surface area (Å²) in [4.78, 5) is 20.4. The van der Waals surface area contributed by atoms with E-state index in [4.69, 9.17) is 5.11 Å². The molecule has 0 bridgehead atoms. The standard InChI is InChI=1S/C10H9F2NO6/c1-4-5(7(14)9(15)16)2-3-6(13(17)18)8(4)19-10(11)12/h2-3,7,10,14H,1H3,(H,15,16). The highest BCUT2D eigenvalue weighted by Crippen LogP contribution is 2.36. The van der Waals surface area contributed by atoms with Gasteiger partial charge in [-0.25, -0.2) is 4.79 Å². The van der Waals surface area contributed by atoms with Crippen molar-refractivity contribution in [2.45, 2.75) is 19.6 Å². The van der Waals surface area contributed by atoms with Gasteiger partial charge in [-0.2, -0.15) is 8.78 Å². The van der Waals surface area contributed by atoms with E-state index in [9.17, 15) is 28.8 Å². The maximum absolute atomic E-state index is 12.2. The second-order valence-electron chi connectivity index (χ2n) is 3.50. The molecule has 1 rings (SSSR count). The SMILES string of the molecule is Cc1c(C(O)C(=O)O)ccc([N+](=O)[O-])c1OC(F)F. The highest BCUT2D eigenvalue weighted by molar-refractivity contribution is 5.75. The Balaban J connectivity index is 3.40. The van der Waals surface area contributed by atoms with Gasteiger partial charge in [-0.05, 0) is 18.6 Å². The number of alkyl halides is 2. The van der Waals surface area contributed by atoms with Crippen LogP contribution in [0.5, 0.6) is 5.75 Å². The van der Waals surface area contributed by atoms with Crippen LogP contribution in [-0.2, 0) is 4.79 Å². The van der Waals surface area contributed by atoms with E-state index in [1.54, 1.807) is 0 Å². The number of carboxylic acid groups (broad SMARTS) is 1. The van der Waals surface area contributed by atoms with Crippen LogP contribution in [0.25, 0.3) is 0 Å². The van der Waals surface area contributed by atoms with Crippen molar-refractivity contribution < 1.29 is 33.4 Å². The minimum atomic E-state index is -3.31. The van der Waals surface area contributed by atoms with Crippen LogP contribution in [0, 0.1) is 17.0 Å². The fraction of sp³-hybridized carbons (Fsp3) is 0.300. The number of carbonyl (C=O) groups is 1. The molecule has 19 heavy (non-hydrogen) atoms. The number of aliphatic hydroxyl groups excluding tert-OH is 1. The molecule has 1 atom stereocenters. The molecular formula is C10H9F2NO6. The zero-order chi connectivity index (χ0) is 14.7. The smallest absolute Gasteiger partial charge is 0.387 e. The molecule has 0 aliphatic heterocycles. The summed E-state index contributed by atoms with van der Waals surface area (Å²) in [6.07, 6.45) is -1.99. The van der Waals surface area contributed by atoms with Crippen molar-refractivity contribution in [2.75, 3.05) is 0 Å². The van der Waals surface area contributed by atoms with Crippen LogP contribution in [-0.4, -0.2) is 27.7 Å². The molecule has 0 saturated heterocycles. The molecule has 0 spiro atoms. The second-order valence-corrected chi connectivity index (χ2v) is 3.50. The van der Waals surface area contributed by atoms with E-state index in [2.05, 4.69) is 4.74 Å². The predicted molar refractivity (Wildman–Crippen MR) is 57.1 cm³/mol. The largest absolute Gasteiger partial charge is 0.479 e. The van der Waals surface area contributed by atoms with Crippen molar-refractivity contribution >= 4 is 11.7 Å². The number of halogens is 2. The number of nitro groups is 1. The molecule has 0 fully saturated rings. The van der Waals surface area contributed by atoms with E-state index in [-0.39, 0.29) is 11.1 Å². The van der Waals surface area contributed by atoms with Gasteiger partial charge in [-0.15, -0.1) is 0 Å². The average molecular weight is 277 g/mol. The normalized spacial score (nSPS) is 12.3. The van der Waals surface area contributed by atoms with Crippen molar-refractivity contribution in [1.29, 1.82) is 0 Å². The van der Waals surface area contributed by atoms with E-state index < -0.39 is 35.0 Å². The van der Waals surface area contributed by atoms with Gasteiger partial charge in [0.25, 0.3) is 0 Å². The lowest BCUT2D eigenvalue weighted by Gasteiger charge is -2.14. The number of aliphatic carboxylic acids is 1. The van der Waals surface area contributed by atoms with Crippen molar-refractivity contribution in [3.63, 3.8) is 0 Å². The molecule has 0 radical (unpaired) electrons. The van der Waals surface area contributed by atoms with Gasteiger partial charge in [0.2, 0.25) is 5.75 Å². The van der Waals surface area contributed by atoms with Gasteiger partial charge < -0.3 is 14.9 Å². The number of hydrogen-bond donors (Lipinski definition) is 2. The maximum Gasteiger partial charge on any atom is 0.387 e. The molecule has 0 aliphatic carbocycles. The van der Waals surface area contributed by atoms with Crippen LogP contribution in [0.4, 0.5) is 14.5 Å². The summed E-state index contributed by atoms with van der Waals surface area (Å²) >= 11 is 0. The Labute approximate surface area is 105 Å². The monoisotopic (exact) mass is 277 g/mol. The third kappa shape index (κ3) is 3.13. The predicted octanol–water partition coefficient (Wildman–Crippen LogP) is 1.62. The van der Waals surface area contributed by atoms with Gasteiger partial charge >= 0.3 is 18.3 Å². The molecule has 0 heterocycles. The van der Waals surface area contributed by atoms with Crippen LogP contribution in [0.3, 0.4) is 0 Å². The van der Waals surface area contributed by atoms with Crippen LogP contribution in [0.15, 0.2) is 12.1 Å². The molecule has 1 aromatic carbocycles. The Bertz CT molecular complexity index is 519. The number of aliphatic hydroxyl groups is 1. The third-order valence-electron chi connectivity index (χ3n) is 2.36. The van der Waals surface area contributed by atoms with Crippen molar-refractivity contribution in [3.05, 3.63) is 33.4 Å². The highest BCUT2D eigenvalue weighted by atomic mass is 19.3. The first-order chi connectivity index (χ1) is 8.75. The lowest BCUT2D eigenvalue weighted by molar-refractivity contribution is -0.386. The van der Waals surface area contributed by atoms with Crippen LogP contribution < -0.4 is 4.74 Å². The minimum absolute atomic E-state index is 0.232. The van der Waals surface area contributed by atoms with Gasteiger partial charge in [0.1, 0.15) is 0 Å². The Morgan fingerprint density at radius 1 is 1.47 bits per heavy atom. The number of hydrogen-bond acceptors (Lipinski definition) is 5. The van der Waals surface area contributed by atoms with Crippen LogP contribution in [0.1, 0.15) is 17.2 Å². The number of nitrogens with zero attached hydrogens (tertiary/aromatic N) is 1. The molecule has 0 saturated carbocycles. The van der Waals surface area contributed by atoms with Crippen molar-refractivity contribution in [2.24, 2.45) is 0 Å². The molecule has 9 heteroatoms. The number of benzene rings is 1. The summed E-state index contributed by atoms with van der Waals surface area (Å²) < 4.78 is 28.5. The fourth-order valence-electron chi connectivity index (χ4n) is 1.50. The lowest BCUT2D eigenvalue weighted by atomic mass is 10.0. The highest BCUT2D eigenvalue weighted by Gasteiger charge is 2.27. The summed E-state index contributed by atoms with van der Waals surface area (Å²) in [5, 5.41) is 28.7. The zero-order valence-electron chi connectivity index (χ0n) is 9.54. The Morgan fingerprint density at radius 3 is 2.47 bits per heavy atom. The van der Waals surface area contributed by atoms with Crippen LogP contribution >= 0.6 is 0 Å². The fourth-order valence-corrected chi connectivity index (χ4v) is 1.50. The van der Waals surface area contributed by atoms with Gasteiger partial charge in [0.15, 0.2) is 6.10 Å². The first kappa shape index (κ1) is 14.8. The zero-order valence-corrected chi connectivity index (χ0v) is 9.54. The van der Waals surface area contributed by atoms with Crippen molar-refractivity contribution in [3.8, 4) is 5.75 Å². The van der Waals surface area contributed by atoms with Crippen LogP contribution in [0.2, 0.25) is 0 Å². The average Bonchev–Trinajstić information content (AvgIpc) is 2.29. The molecule has 0 aromatic heterocycles. The molecule has 0 aliphatic rings. The second kappa shape index (κ2) is 5.57. The lowest BCUT2D eigenvalue weighted by Crippen LogP contribution is -2.14. The van der Waals surface area contributed by atoms with Gasteiger partial charge in [0.05, 0.1) is 4.92 Å². The molecule has 1 unspecified atom stereocenters. The summed E-state index contributed by atoms with van der Waals surface area (Å²) in [7, 11) is 0. The summed E-state index contributed by atoms with van der Waals surface area (Å²) in [5.74, 6) is -2.38. The van der Waals surface area contributed by atoms with Gasteiger partial charge in [-0.3, -0.25) is 10.1 Å². The molecule has 1 aromatic rings. The van der Waals surface area contributed by atoms with E-state index in [1.165, 1.54) is 0 Å². The summed E-state index contributed by atoms with van der Waals surface area (Å²) in [6, 6.07) is 1.77. The molecule has 104 valence electrons. The number of ether oxygens (including phenoxy) is 1. The topological polar surface area (TPSA) is 110 Å². The number of rotatable bonds is 5. The maximum atomic E-state index is 12.2. The minimum Gasteiger partial charge on any atom is -0.479 e. The van der Waals surface area contributed by atoms with E-state index in [0.717, 1.165) is 19.1 Å². The molecular weight excluding hydrogens is 268 g/mol. The summed E-state index contributed by atoms with van der Waals surface area (Å²) in [5.41, 5.74) is -1.22. The Hall–Kier alpha value is -2.29. The van der Waals surface area contributed by atoms with Crippen molar-refractivity contribution in [1.82, 2.24) is 0 Å². The molecule has 2 N–H and O–H groups in total. The van der Waals surface area contributed by atoms with Gasteiger partial charge in [0, 0.05) is 11.6 Å². The molecule has 7 nitrogen and oxygen atoms in total. The first-order valence-corrected chi connectivity index (χ1v) is 4.89. The molecule has 0 amide bonds. The quantitative estimate of drug-likeness (QED) is 0.625. The number of nitro benzene ring substituents is 1. The van der Waals surface area contributed by atoms with E-state index in [1.807, 2.05) is 0 Å². The number of carboxylic acids is 1. The van der Waals surface area contributed by atoms with E-state index >= 15 is 0 Å². The first-order valence-electron chi connectivity index (χ1n) is 4.89. The third-order valence-corrected chi connectivity index (χ3v) is 2.36.